The summed E-state index contributed by atoms with van der Waals surface area (Å²) in [5.41, 5.74) is 0.864. The van der Waals surface area contributed by atoms with E-state index in [4.69, 9.17) is 16.3 Å². The van der Waals surface area contributed by atoms with Gasteiger partial charge in [-0.3, -0.25) is 5.32 Å². The van der Waals surface area contributed by atoms with Crippen LogP contribution in [0.2, 0.25) is 5.02 Å². The Bertz CT molecular complexity index is 455. The number of nitrogens with zero attached hydrogens (tertiary/aromatic N) is 1. The molecular weight excluding hydrogens is 316 g/mol. The van der Waals surface area contributed by atoms with Gasteiger partial charge in [0.25, 0.3) is 0 Å². The predicted octanol–water partition coefficient (Wildman–Crippen LogP) is 3.44. The Hall–Kier alpha value is -0.600. The monoisotopic (exact) mass is 328 g/mol. The second-order valence-electron chi connectivity index (χ2n) is 4.27. The first-order chi connectivity index (χ1) is 8.70. The van der Waals surface area contributed by atoms with Gasteiger partial charge in [0.05, 0.1) is 12.2 Å². The molecule has 96 valence electrons. The summed E-state index contributed by atoms with van der Waals surface area (Å²) in [6.07, 6.45) is 2.38. The van der Waals surface area contributed by atoms with Gasteiger partial charge in [-0.2, -0.15) is 5.26 Å². The van der Waals surface area contributed by atoms with Crippen molar-refractivity contribution in [3.05, 3.63) is 33.3 Å². The number of nitriles is 1. The van der Waals surface area contributed by atoms with E-state index >= 15 is 0 Å². The van der Waals surface area contributed by atoms with Gasteiger partial charge in [-0.05, 0) is 36.6 Å². The van der Waals surface area contributed by atoms with Crippen LogP contribution in [0, 0.1) is 11.3 Å². The zero-order chi connectivity index (χ0) is 13.0. The Labute approximate surface area is 120 Å². The third kappa shape index (κ3) is 3.46. The van der Waals surface area contributed by atoms with Crippen LogP contribution in [0.25, 0.3) is 0 Å². The van der Waals surface area contributed by atoms with E-state index in [9.17, 15) is 5.26 Å². The molecule has 0 spiro atoms. The summed E-state index contributed by atoms with van der Waals surface area (Å²) < 4.78 is 6.42. The summed E-state index contributed by atoms with van der Waals surface area (Å²) in [5.74, 6) is 0. The molecule has 1 heterocycles. The van der Waals surface area contributed by atoms with E-state index in [1.54, 1.807) is 6.07 Å². The van der Waals surface area contributed by atoms with Gasteiger partial charge >= 0.3 is 0 Å². The van der Waals surface area contributed by atoms with Crippen LogP contribution in [0.15, 0.2) is 22.7 Å². The second-order valence-corrected chi connectivity index (χ2v) is 5.56. The number of nitrogens with one attached hydrogen (secondary N) is 1. The Morgan fingerprint density at radius 1 is 1.61 bits per heavy atom. The van der Waals surface area contributed by atoms with Crippen LogP contribution >= 0.6 is 27.5 Å². The Balaban J connectivity index is 2.03. The normalized spacial score (nSPS) is 20.6. The molecule has 0 saturated carbocycles. The van der Waals surface area contributed by atoms with Crippen LogP contribution in [-0.4, -0.2) is 19.3 Å². The molecule has 1 aliphatic heterocycles. The Morgan fingerprint density at radius 3 is 3.11 bits per heavy atom. The molecule has 1 aliphatic rings. The lowest BCUT2D eigenvalue weighted by molar-refractivity contribution is 0.109. The molecule has 0 aliphatic carbocycles. The molecule has 3 nitrogen and oxygen atoms in total. The molecule has 1 saturated heterocycles. The standard InChI is InChI=1S/C13H14BrClN2O/c14-12-4-3-9(15)6-11(12)13(7-16)17-8-10-2-1-5-18-10/h3-4,6,10,13,17H,1-2,5,8H2. The molecule has 0 amide bonds. The third-order valence-corrected chi connectivity index (χ3v) is 3.93. The summed E-state index contributed by atoms with van der Waals surface area (Å²) in [5, 5.41) is 13.1. The summed E-state index contributed by atoms with van der Waals surface area (Å²) >= 11 is 9.41. The highest BCUT2D eigenvalue weighted by Gasteiger charge is 2.19. The summed E-state index contributed by atoms with van der Waals surface area (Å²) in [7, 11) is 0. The van der Waals surface area contributed by atoms with Gasteiger partial charge in [-0.25, -0.2) is 0 Å². The van der Waals surface area contributed by atoms with Crippen LogP contribution < -0.4 is 5.32 Å². The molecule has 1 N–H and O–H groups in total. The maximum atomic E-state index is 9.25. The minimum absolute atomic E-state index is 0.221. The highest BCUT2D eigenvalue weighted by molar-refractivity contribution is 9.10. The SMILES string of the molecule is N#CC(NCC1CCCO1)c1cc(Cl)ccc1Br. The lowest BCUT2D eigenvalue weighted by atomic mass is 10.1. The van der Waals surface area contributed by atoms with Crippen LogP contribution in [0.1, 0.15) is 24.4 Å². The highest BCUT2D eigenvalue weighted by Crippen LogP contribution is 2.26. The molecule has 0 aromatic heterocycles. The maximum Gasteiger partial charge on any atom is 0.122 e. The first kappa shape index (κ1) is 13.8. The number of ether oxygens (including phenoxy) is 1. The third-order valence-electron chi connectivity index (χ3n) is 2.97. The Morgan fingerprint density at radius 2 is 2.44 bits per heavy atom. The van der Waals surface area contributed by atoms with E-state index in [0.717, 1.165) is 29.5 Å². The highest BCUT2D eigenvalue weighted by atomic mass is 79.9. The lowest BCUT2D eigenvalue weighted by Gasteiger charge is -2.16. The number of benzene rings is 1. The smallest absolute Gasteiger partial charge is 0.122 e. The van der Waals surface area contributed by atoms with Crippen molar-refractivity contribution in [3.63, 3.8) is 0 Å². The molecule has 0 bridgehead atoms. The van der Waals surface area contributed by atoms with E-state index in [-0.39, 0.29) is 12.1 Å². The van der Waals surface area contributed by atoms with Crippen molar-refractivity contribution in [2.75, 3.05) is 13.2 Å². The van der Waals surface area contributed by atoms with Crippen LogP contribution in [0.4, 0.5) is 0 Å². The van der Waals surface area contributed by atoms with Crippen molar-refractivity contribution < 1.29 is 4.74 Å². The van der Waals surface area contributed by atoms with E-state index in [1.807, 2.05) is 12.1 Å². The summed E-state index contributed by atoms with van der Waals surface area (Å²) in [6, 6.07) is 7.34. The van der Waals surface area contributed by atoms with Crippen molar-refractivity contribution in [2.24, 2.45) is 0 Å². The summed E-state index contributed by atoms with van der Waals surface area (Å²) in [6.45, 7) is 1.52. The number of hydrogen-bond acceptors (Lipinski definition) is 3. The molecule has 5 heteroatoms. The van der Waals surface area contributed by atoms with Crippen LogP contribution in [0.5, 0.6) is 0 Å². The largest absolute Gasteiger partial charge is 0.377 e. The van der Waals surface area contributed by atoms with E-state index < -0.39 is 0 Å². The number of halogens is 2. The lowest BCUT2D eigenvalue weighted by Crippen LogP contribution is -2.29. The van der Waals surface area contributed by atoms with Crippen LogP contribution in [0.3, 0.4) is 0 Å². The molecule has 18 heavy (non-hydrogen) atoms. The zero-order valence-corrected chi connectivity index (χ0v) is 12.2. The van der Waals surface area contributed by atoms with Gasteiger partial charge in [0, 0.05) is 22.6 Å². The van der Waals surface area contributed by atoms with Gasteiger partial charge in [-0.15, -0.1) is 0 Å². The number of rotatable bonds is 4. The van der Waals surface area contributed by atoms with Crippen molar-refractivity contribution >= 4 is 27.5 Å². The zero-order valence-electron chi connectivity index (χ0n) is 9.83. The maximum absolute atomic E-state index is 9.25. The number of hydrogen-bond donors (Lipinski definition) is 1. The van der Waals surface area contributed by atoms with Crippen molar-refractivity contribution in [1.29, 1.82) is 5.26 Å². The fourth-order valence-electron chi connectivity index (χ4n) is 2.02. The van der Waals surface area contributed by atoms with E-state index in [0.29, 0.717) is 11.6 Å². The molecule has 1 aromatic carbocycles. The molecule has 2 unspecified atom stereocenters. The quantitative estimate of drug-likeness (QED) is 0.920. The van der Waals surface area contributed by atoms with Gasteiger partial charge in [0.2, 0.25) is 0 Å². The molecule has 0 radical (unpaired) electrons. The second kappa shape index (κ2) is 6.53. The molecular formula is C13H14BrClN2O. The first-order valence-electron chi connectivity index (χ1n) is 5.90. The van der Waals surface area contributed by atoms with Crippen molar-refractivity contribution in [1.82, 2.24) is 5.32 Å². The average Bonchev–Trinajstić information content (AvgIpc) is 2.87. The predicted molar refractivity (Wildman–Crippen MR) is 74.5 cm³/mol. The van der Waals surface area contributed by atoms with E-state index in [1.165, 1.54) is 0 Å². The fourth-order valence-corrected chi connectivity index (χ4v) is 2.67. The summed E-state index contributed by atoms with van der Waals surface area (Å²) in [4.78, 5) is 0. The minimum Gasteiger partial charge on any atom is -0.377 e. The van der Waals surface area contributed by atoms with Gasteiger partial charge < -0.3 is 4.74 Å². The topological polar surface area (TPSA) is 45.0 Å². The van der Waals surface area contributed by atoms with Gasteiger partial charge in [-0.1, -0.05) is 27.5 Å². The molecule has 2 rings (SSSR count). The molecule has 1 aromatic rings. The molecule has 2 atom stereocenters. The van der Waals surface area contributed by atoms with Gasteiger partial charge in [0.15, 0.2) is 0 Å². The average molecular weight is 330 g/mol. The fraction of sp³-hybridized carbons (Fsp3) is 0.462. The first-order valence-corrected chi connectivity index (χ1v) is 7.07. The minimum atomic E-state index is -0.373. The van der Waals surface area contributed by atoms with E-state index in [2.05, 4.69) is 27.3 Å². The molecule has 1 fully saturated rings. The van der Waals surface area contributed by atoms with Crippen molar-refractivity contribution in [2.45, 2.75) is 25.0 Å². The van der Waals surface area contributed by atoms with Gasteiger partial charge in [0.1, 0.15) is 6.04 Å². The van der Waals surface area contributed by atoms with Crippen LogP contribution in [-0.2, 0) is 4.74 Å². The van der Waals surface area contributed by atoms with Crippen molar-refractivity contribution in [3.8, 4) is 6.07 Å². The Kier molecular flexibility index (Phi) is 5.02.